The van der Waals surface area contributed by atoms with Gasteiger partial charge in [-0.15, -0.1) is 0 Å². The summed E-state index contributed by atoms with van der Waals surface area (Å²) in [6.45, 7) is 14.8. The van der Waals surface area contributed by atoms with Crippen LogP contribution in [0.3, 0.4) is 0 Å². The second kappa shape index (κ2) is 11.8. The number of furan rings is 1. The summed E-state index contributed by atoms with van der Waals surface area (Å²) in [6, 6.07) is 37.7. The Morgan fingerprint density at radius 1 is 0.612 bits per heavy atom. The van der Waals surface area contributed by atoms with Crippen LogP contribution in [0.5, 0.6) is 0 Å². The van der Waals surface area contributed by atoms with Crippen LogP contribution in [0.2, 0.25) is 0 Å². The Hall–Kier alpha value is -5.15. The van der Waals surface area contributed by atoms with Gasteiger partial charge < -0.3 is 8.83 Å². The first-order valence-electron chi connectivity index (χ1n) is 18.4. The van der Waals surface area contributed by atoms with Gasteiger partial charge in [-0.3, -0.25) is 0 Å². The molecule has 6 aromatic carbocycles. The van der Waals surface area contributed by atoms with E-state index in [0.29, 0.717) is 11.5 Å². The molecule has 3 nitrogen and oxygen atoms in total. The minimum absolute atomic E-state index is 0.239. The predicted molar refractivity (Wildman–Crippen MR) is 206 cm³/mol. The molecule has 0 aliphatic heterocycles. The first-order valence-corrected chi connectivity index (χ1v) is 17.4. The van der Waals surface area contributed by atoms with Gasteiger partial charge in [0.15, 0.2) is 5.58 Å². The van der Waals surface area contributed by atoms with Crippen molar-refractivity contribution in [3.8, 4) is 33.7 Å². The smallest absolute Gasteiger partial charge is 0.231 e. The van der Waals surface area contributed by atoms with Gasteiger partial charge in [0.25, 0.3) is 0 Å². The molecule has 0 atom stereocenters. The van der Waals surface area contributed by atoms with Gasteiger partial charge in [0, 0.05) is 24.5 Å². The zero-order valence-electron chi connectivity index (χ0n) is 31.3. The van der Waals surface area contributed by atoms with Crippen LogP contribution in [-0.4, -0.2) is 4.98 Å². The summed E-state index contributed by atoms with van der Waals surface area (Å²) in [5.74, 6) is 1.02. The summed E-state index contributed by atoms with van der Waals surface area (Å²) in [6.07, 6.45) is -1.44. The highest BCUT2D eigenvalue weighted by Gasteiger charge is 2.24. The number of para-hydroxylation sites is 2. The number of oxazole rings is 1. The molecule has 0 aliphatic carbocycles. The Kier molecular flexibility index (Phi) is 6.92. The summed E-state index contributed by atoms with van der Waals surface area (Å²) in [5, 5.41) is 4.35. The number of aromatic nitrogens is 1. The molecule has 8 rings (SSSR count). The number of benzene rings is 6. The molecule has 49 heavy (non-hydrogen) atoms. The molecule has 0 spiro atoms. The molecule has 8 aromatic rings. The Balaban J connectivity index is 1.28. The van der Waals surface area contributed by atoms with Gasteiger partial charge in [0.05, 0.1) is 5.56 Å². The van der Waals surface area contributed by atoms with Crippen molar-refractivity contribution < 1.29 is 11.6 Å². The van der Waals surface area contributed by atoms with E-state index in [2.05, 4.69) is 94.4 Å². The topological polar surface area (TPSA) is 39.2 Å². The summed E-state index contributed by atoms with van der Waals surface area (Å²) < 4.78 is 30.9. The fourth-order valence-electron chi connectivity index (χ4n) is 7.21. The molecule has 0 radical (unpaired) electrons. The summed E-state index contributed by atoms with van der Waals surface area (Å²) in [4.78, 5) is 5.05. The van der Waals surface area contributed by atoms with Gasteiger partial charge in [0.2, 0.25) is 5.89 Å². The third-order valence-corrected chi connectivity index (χ3v) is 9.48. The van der Waals surface area contributed by atoms with Crippen LogP contribution in [0, 0.1) is 5.41 Å². The molecule has 0 saturated heterocycles. The average Bonchev–Trinajstić information content (AvgIpc) is 3.73. The van der Waals surface area contributed by atoms with E-state index in [9.17, 15) is 0 Å². The number of nitrogens with zero attached hydrogens (tertiary/aromatic N) is 1. The van der Waals surface area contributed by atoms with Crippen molar-refractivity contribution in [1.82, 2.24) is 4.98 Å². The quantitative estimate of drug-likeness (QED) is 0.181. The van der Waals surface area contributed by atoms with Crippen LogP contribution in [0.25, 0.3) is 77.5 Å². The fraction of sp³-hybridized carbons (Fsp3) is 0.239. The van der Waals surface area contributed by atoms with Crippen molar-refractivity contribution in [3.05, 3.63) is 126 Å². The van der Waals surface area contributed by atoms with E-state index in [1.807, 2.05) is 63.2 Å². The van der Waals surface area contributed by atoms with Crippen molar-refractivity contribution in [2.45, 2.75) is 66.7 Å². The Bertz CT molecular complexity index is 2570. The van der Waals surface area contributed by atoms with E-state index < -0.39 is 11.8 Å². The van der Waals surface area contributed by atoms with Gasteiger partial charge in [-0.1, -0.05) is 139 Å². The lowest BCUT2D eigenvalue weighted by atomic mass is 9.82. The highest BCUT2D eigenvalue weighted by Crippen LogP contribution is 2.44. The molecule has 2 heterocycles. The molecule has 0 aliphatic rings. The van der Waals surface area contributed by atoms with Crippen LogP contribution in [0.15, 0.2) is 118 Å². The van der Waals surface area contributed by atoms with E-state index in [1.165, 1.54) is 16.7 Å². The van der Waals surface area contributed by atoms with Gasteiger partial charge in [-0.05, 0) is 80.6 Å². The maximum Gasteiger partial charge on any atom is 0.231 e. The van der Waals surface area contributed by atoms with E-state index in [1.54, 1.807) is 0 Å². The Morgan fingerprint density at radius 2 is 1.27 bits per heavy atom. The van der Waals surface area contributed by atoms with Crippen LogP contribution in [0.1, 0.15) is 79.7 Å². The summed E-state index contributed by atoms with van der Waals surface area (Å²) in [7, 11) is 0. The van der Waals surface area contributed by atoms with Crippen LogP contribution < -0.4 is 0 Å². The van der Waals surface area contributed by atoms with Crippen LogP contribution in [-0.2, 0) is 6.37 Å². The van der Waals surface area contributed by atoms with Gasteiger partial charge in [-0.25, -0.2) is 4.98 Å². The monoisotopic (exact) mass is 643 g/mol. The normalized spacial score (nSPS) is 13.3. The minimum atomic E-state index is -1.44. The summed E-state index contributed by atoms with van der Waals surface area (Å²) in [5.41, 5.74) is 11.1. The Morgan fingerprint density at radius 3 is 1.98 bits per heavy atom. The van der Waals surface area contributed by atoms with Gasteiger partial charge in [0.1, 0.15) is 16.7 Å². The predicted octanol–water partition coefficient (Wildman–Crippen LogP) is 13.7. The minimum Gasteiger partial charge on any atom is -0.455 e. The molecule has 0 amide bonds. The second-order valence-electron chi connectivity index (χ2n) is 14.9. The lowest BCUT2D eigenvalue weighted by molar-refractivity contribution is 0.411. The number of fused-ring (bicyclic) bond motifs is 6. The highest BCUT2D eigenvalue weighted by molar-refractivity contribution is 6.17. The SMILES string of the molecule is [2H]C([2H])(c1ccc(-c2cc(C(C)C)c(-c3cccc4nc(-c5cccc6c5oc5c7ccccc7ccc65)oc34)c(C(C)C)c2)cc1)C(C)(C)C. The van der Waals surface area contributed by atoms with Crippen molar-refractivity contribution in [2.24, 2.45) is 5.41 Å². The van der Waals surface area contributed by atoms with Crippen molar-refractivity contribution in [3.63, 3.8) is 0 Å². The molecule has 2 aromatic heterocycles. The molecule has 0 unspecified atom stereocenters. The first kappa shape index (κ1) is 28.8. The molecular formula is C46H43NO2. The lowest BCUT2D eigenvalue weighted by Crippen LogP contribution is -2.08. The van der Waals surface area contributed by atoms with Gasteiger partial charge in [-0.2, -0.15) is 0 Å². The number of rotatable bonds is 6. The maximum absolute atomic E-state index is 8.76. The molecule has 0 N–H and O–H groups in total. The molecule has 244 valence electrons. The second-order valence-corrected chi connectivity index (χ2v) is 14.9. The van der Waals surface area contributed by atoms with Crippen molar-refractivity contribution >= 4 is 43.8 Å². The molecule has 0 saturated carbocycles. The molecular weight excluding hydrogens is 599 g/mol. The van der Waals surface area contributed by atoms with Crippen LogP contribution >= 0.6 is 0 Å². The van der Waals surface area contributed by atoms with E-state index >= 15 is 0 Å². The third kappa shape index (κ3) is 5.52. The molecule has 3 heteroatoms. The number of hydrogen-bond donors (Lipinski definition) is 0. The third-order valence-electron chi connectivity index (χ3n) is 9.48. The van der Waals surface area contributed by atoms with E-state index in [0.717, 1.165) is 66.1 Å². The largest absolute Gasteiger partial charge is 0.455 e. The van der Waals surface area contributed by atoms with Crippen molar-refractivity contribution in [1.29, 1.82) is 0 Å². The standard InChI is InChI=1S/C46H43NO2/c1-27(2)38-24-32(30-20-18-29(19-21-30)26-46(5,6)7)25-39(28(3)4)41(38)36-15-11-17-40-44(36)49-45(47-40)37-16-10-14-34-35-23-22-31-12-8-9-13-33(31)42(35)48-43(34)37/h8-25,27-28H,26H2,1-7H3/i26D2. The first-order chi connectivity index (χ1) is 24.3. The highest BCUT2D eigenvalue weighted by atomic mass is 16.4. The maximum atomic E-state index is 8.76. The van der Waals surface area contributed by atoms with Gasteiger partial charge >= 0.3 is 0 Å². The fourth-order valence-corrected chi connectivity index (χ4v) is 7.21. The van der Waals surface area contributed by atoms with E-state index in [-0.39, 0.29) is 11.8 Å². The van der Waals surface area contributed by atoms with Crippen LogP contribution in [0.4, 0.5) is 0 Å². The zero-order valence-corrected chi connectivity index (χ0v) is 29.3. The Labute approximate surface area is 291 Å². The van der Waals surface area contributed by atoms with Crippen molar-refractivity contribution in [2.75, 3.05) is 0 Å². The zero-order chi connectivity index (χ0) is 35.8. The molecule has 0 fully saturated rings. The van der Waals surface area contributed by atoms with E-state index in [4.69, 9.17) is 16.6 Å². The summed E-state index contributed by atoms with van der Waals surface area (Å²) >= 11 is 0. The molecule has 0 bridgehead atoms. The lowest BCUT2D eigenvalue weighted by Gasteiger charge is -2.22. The average molecular weight is 644 g/mol. The number of hydrogen-bond acceptors (Lipinski definition) is 3.